The zero-order chi connectivity index (χ0) is 20.2. The van der Waals surface area contributed by atoms with Crippen molar-refractivity contribution in [3.63, 3.8) is 0 Å². The van der Waals surface area contributed by atoms with Gasteiger partial charge >= 0.3 is 0 Å². The molecule has 1 aromatic heterocycles. The SMILES string of the molecule is Cc1ccc(-c2ccc(N3CCC[C@@H](C(=O)Nc4ccc(Cl)cc4)C3)nn2)cc1. The predicted molar refractivity (Wildman–Crippen MR) is 117 cm³/mol. The van der Waals surface area contributed by atoms with Crippen molar-refractivity contribution in [2.75, 3.05) is 23.3 Å². The molecule has 3 aromatic rings. The predicted octanol–water partition coefficient (Wildman–Crippen LogP) is 4.96. The van der Waals surface area contributed by atoms with Gasteiger partial charge in [0.15, 0.2) is 5.82 Å². The summed E-state index contributed by atoms with van der Waals surface area (Å²) < 4.78 is 0. The number of aromatic nitrogens is 2. The van der Waals surface area contributed by atoms with Crippen LogP contribution in [-0.4, -0.2) is 29.2 Å². The molecule has 2 aromatic carbocycles. The lowest BCUT2D eigenvalue weighted by molar-refractivity contribution is -0.120. The molecule has 1 aliphatic heterocycles. The van der Waals surface area contributed by atoms with E-state index in [1.165, 1.54) is 5.56 Å². The van der Waals surface area contributed by atoms with Crippen LogP contribution in [0.5, 0.6) is 0 Å². The van der Waals surface area contributed by atoms with Crippen molar-refractivity contribution in [2.24, 2.45) is 5.92 Å². The molecule has 0 saturated carbocycles. The van der Waals surface area contributed by atoms with Crippen molar-refractivity contribution >= 4 is 29.0 Å². The van der Waals surface area contributed by atoms with Gasteiger partial charge in [-0.1, -0.05) is 41.4 Å². The summed E-state index contributed by atoms with van der Waals surface area (Å²) in [6, 6.07) is 19.4. The summed E-state index contributed by atoms with van der Waals surface area (Å²) in [5.74, 6) is 0.754. The van der Waals surface area contributed by atoms with E-state index in [-0.39, 0.29) is 11.8 Å². The normalized spacial score (nSPS) is 16.5. The van der Waals surface area contributed by atoms with Crippen LogP contribution in [0.25, 0.3) is 11.3 Å². The molecule has 29 heavy (non-hydrogen) atoms. The van der Waals surface area contributed by atoms with E-state index in [1.54, 1.807) is 12.1 Å². The third-order valence-electron chi connectivity index (χ3n) is 5.23. The molecule has 0 bridgehead atoms. The summed E-state index contributed by atoms with van der Waals surface area (Å²) in [6.45, 7) is 3.58. The number of carbonyl (C=O) groups is 1. The fourth-order valence-electron chi connectivity index (χ4n) is 3.55. The first-order valence-electron chi connectivity index (χ1n) is 9.80. The van der Waals surface area contributed by atoms with E-state index in [0.29, 0.717) is 11.6 Å². The van der Waals surface area contributed by atoms with Gasteiger partial charge in [0, 0.05) is 29.4 Å². The first kappa shape index (κ1) is 19.4. The van der Waals surface area contributed by atoms with Crippen LogP contribution >= 0.6 is 11.6 Å². The van der Waals surface area contributed by atoms with Crippen molar-refractivity contribution in [1.29, 1.82) is 0 Å². The highest BCUT2D eigenvalue weighted by Gasteiger charge is 2.26. The van der Waals surface area contributed by atoms with E-state index in [0.717, 1.165) is 42.1 Å². The Morgan fingerprint density at radius 3 is 2.48 bits per heavy atom. The van der Waals surface area contributed by atoms with E-state index in [4.69, 9.17) is 11.6 Å². The quantitative estimate of drug-likeness (QED) is 0.665. The van der Waals surface area contributed by atoms with Gasteiger partial charge in [-0.3, -0.25) is 4.79 Å². The summed E-state index contributed by atoms with van der Waals surface area (Å²) in [7, 11) is 0. The number of amides is 1. The minimum absolute atomic E-state index is 0.0289. The lowest BCUT2D eigenvalue weighted by Gasteiger charge is -2.32. The van der Waals surface area contributed by atoms with Gasteiger partial charge in [-0.2, -0.15) is 0 Å². The molecule has 4 rings (SSSR count). The number of piperidine rings is 1. The van der Waals surface area contributed by atoms with Crippen LogP contribution in [0.4, 0.5) is 11.5 Å². The van der Waals surface area contributed by atoms with E-state index in [9.17, 15) is 4.79 Å². The largest absolute Gasteiger partial charge is 0.354 e. The Labute approximate surface area is 175 Å². The van der Waals surface area contributed by atoms with Gasteiger partial charge in [-0.15, -0.1) is 10.2 Å². The molecular formula is C23H23ClN4O. The van der Waals surface area contributed by atoms with Crippen LogP contribution < -0.4 is 10.2 Å². The average Bonchev–Trinajstić information content (AvgIpc) is 2.76. The second kappa shape index (κ2) is 8.62. The Morgan fingerprint density at radius 1 is 1.03 bits per heavy atom. The standard InChI is InChI=1S/C23H23ClN4O/c1-16-4-6-17(7-5-16)21-12-13-22(27-26-21)28-14-2-3-18(15-28)23(29)25-20-10-8-19(24)9-11-20/h4-13,18H,2-3,14-15H2,1H3,(H,25,29)/t18-/m1/s1. The molecule has 0 spiro atoms. The van der Waals surface area contributed by atoms with Crippen LogP contribution in [-0.2, 0) is 4.79 Å². The van der Waals surface area contributed by atoms with E-state index in [2.05, 4.69) is 51.6 Å². The monoisotopic (exact) mass is 406 g/mol. The maximum absolute atomic E-state index is 12.7. The fraction of sp³-hybridized carbons (Fsp3) is 0.261. The number of hydrogen-bond acceptors (Lipinski definition) is 4. The summed E-state index contributed by atoms with van der Waals surface area (Å²) in [6.07, 6.45) is 1.81. The number of halogens is 1. The highest BCUT2D eigenvalue weighted by molar-refractivity contribution is 6.30. The molecule has 6 heteroatoms. The lowest BCUT2D eigenvalue weighted by atomic mass is 9.97. The molecule has 1 fully saturated rings. The molecule has 1 aliphatic rings. The summed E-state index contributed by atoms with van der Waals surface area (Å²) in [4.78, 5) is 14.8. The molecular weight excluding hydrogens is 384 g/mol. The number of hydrogen-bond donors (Lipinski definition) is 1. The van der Waals surface area contributed by atoms with E-state index in [1.807, 2.05) is 24.3 Å². The summed E-state index contributed by atoms with van der Waals surface area (Å²) in [5, 5.41) is 12.5. The van der Waals surface area contributed by atoms with Gasteiger partial charge in [0.1, 0.15) is 0 Å². The Hall–Kier alpha value is -2.92. The number of rotatable bonds is 4. The first-order valence-corrected chi connectivity index (χ1v) is 10.2. The highest BCUT2D eigenvalue weighted by Crippen LogP contribution is 2.25. The van der Waals surface area contributed by atoms with Crippen LogP contribution in [0.2, 0.25) is 5.02 Å². The number of anilines is 2. The van der Waals surface area contributed by atoms with Crippen molar-refractivity contribution in [2.45, 2.75) is 19.8 Å². The molecule has 1 amide bonds. The second-order valence-electron chi connectivity index (χ2n) is 7.42. The van der Waals surface area contributed by atoms with Crippen LogP contribution in [0.3, 0.4) is 0 Å². The maximum atomic E-state index is 12.7. The molecule has 1 N–H and O–H groups in total. The maximum Gasteiger partial charge on any atom is 0.229 e. The molecule has 0 aliphatic carbocycles. The Kier molecular flexibility index (Phi) is 5.76. The van der Waals surface area contributed by atoms with Gasteiger partial charge in [0.05, 0.1) is 11.6 Å². The van der Waals surface area contributed by atoms with Gasteiger partial charge in [0.2, 0.25) is 5.91 Å². The number of nitrogens with one attached hydrogen (secondary N) is 1. The number of benzene rings is 2. The Bertz CT molecular complexity index is 971. The topological polar surface area (TPSA) is 58.1 Å². The molecule has 2 heterocycles. The zero-order valence-corrected chi connectivity index (χ0v) is 17.1. The van der Waals surface area contributed by atoms with Gasteiger partial charge in [-0.25, -0.2) is 0 Å². The average molecular weight is 407 g/mol. The first-order chi connectivity index (χ1) is 14.1. The molecule has 5 nitrogen and oxygen atoms in total. The second-order valence-corrected chi connectivity index (χ2v) is 7.86. The van der Waals surface area contributed by atoms with Gasteiger partial charge in [0.25, 0.3) is 0 Å². The van der Waals surface area contributed by atoms with Gasteiger partial charge in [-0.05, 0) is 56.2 Å². The van der Waals surface area contributed by atoms with Crippen molar-refractivity contribution in [1.82, 2.24) is 10.2 Å². The van der Waals surface area contributed by atoms with Crippen LogP contribution in [0.1, 0.15) is 18.4 Å². The molecule has 148 valence electrons. The third-order valence-corrected chi connectivity index (χ3v) is 5.48. The molecule has 0 radical (unpaired) electrons. The number of aryl methyl sites for hydroxylation is 1. The molecule has 1 atom stereocenters. The smallest absolute Gasteiger partial charge is 0.229 e. The van der Waals surface area contributed by atoms with Crippen molar-refractivity contribution < 1.29 is 4.79 Å². The zero-order valence-electron chi connectivity index (χ0n) is 16.3. The molecule has 0 unspecified atom stereocenters. The summed E-state index contributed by atoms with van der Waals surface area (Å²) in [5.41, 5.74) is 3.88. The Morgan fingerprint density at radius 2 is 1.79 bits per heavy atom. The highest BCUT2D eigenvalue weighted by atomic mass is 35.5. The van der Waals surface area contributed by atoms with Crippen molar-refractivity contribution in [3.05, 3.63) is 71.2 Å². The Balaban J connectivity index is 1.41. The van der Waals surface area contributed by atoms with E-state index >= 15 is 0 Å². The van der Waals surface area contributed by atoms with Crippen molar-refractivity contribution in [3.8, 4) is 11.3 Å². The van der Waals surface area contributed by atoms with Crippen LogP contribution in [0, 0.1) is 12.8 Å². The third kappa shape index (κ3) is 4.74. The summed E-state index contributed by atoms with van der Waals surface area (Å²) >= 11 is 5.91. The molecule has 1 saturated heterocycles. The minimum atomic E-state index is -0.0852. The number of nitrogens with zero attached hydrogens (tertiary/aromatic N) is 3. The van der Waals surface area contributed by atoms with E-state index < -0.39 is 0 Å². The minimum Gasteiger partial charge on any atom is -0.354 e. The van der Waals surface area contributed by atoms with Gasteiger partial charge < -0.3 is 10.2 Å². The lowest BCUT2D eigenvalue weighted by Crippen LogP contribution is -2.41. The number of carbonyl (C=O) groups excluding carboxylic acids is 1. The fourth-order valence-corrected chi connectivity index (χ4v) is 3.67. The van der Waals surface area contributed by atoms with Crippen LogP contribution in [0.15, 0.2) is 60.7 Å².